The molecule has 0 aliphatic carbocycles. The van der Waals surface area contributed by atoms with Crippen LogP contribution in [0.15, 0.2) is 24.3 Å². The molecule has 1 rings (SSSR count). The van der Waals surface area contributed by atoms with Crippen molar-refractivity contribution < 1.29 is 14.3 Å². The van der Waals surface area contributed by atoms with Gasteiger partial charge >= 0.3 is 0 Å². The number of benzene rings is 1. The molecule has 0 radical (unpaired) electrons. The van der Waals surface area contributed by atoms with Crippen LogP contribution in [0.5, 0.6) is 5.75 Å². The summed E-state index contributed by atoms with van der Waals surface area (Å²) >= 11 is 0. The SMILES string of the molecule is CCCNC(=O)[C@@H](NC(=O)c1ccc(OC)cc1)C(C)C. The minimum atomic E-state index is -0.536. The second-order valence-corrected chi connectivity index (χ2v) is 5.21. The molecule has 1 aromatic carbocycles. The van der Waals surface area contributed by atoms with E-state index < -0.39 is 6.04 Å². The van der Waals surface area contributed by atoms with Crippen molar-refractivity contribution >= 4 is 11.8 Å². The fraction of sp³-hybridized carbons (Fsp3) is 0.500. The second-order valence-electron chi connectivity index (χ2n) is 5.21. The van der Waals surface area contributed by atoms with E-state index in [1.54, 1.807) is 31.4 Å². The molecule has 116 valence electrons. The number of carbonyl (C=O) groups excluding carboxylic acids is 2. The molecular formula is C16H24N2O3. The van der Waals surface area contributed by atoms with Crippen LogP contribution in [-0.2, 0) is 4.79 Å². The zero-order valence-corrected chi connectivity index (χ0v) is 13.1. The van der Waals surface area contributed by atoms with Crippen LogP contribution in [0.4, 0.5) is 0 Å². The number of ether oxygens (including phenoxy) is 1. The third kappa shape index (κ3) is 5.10. The van der Waals surface area contributed by atoms with Gasteiger partial charge in [-0.3, -0.25) is 9.59 Å². The van der Waals surface area contributed by atoms with E-state index in [1.807, 2.05) is 20.8 Å². The zero-order valence-electron chi connectivity index (χ0n) is 13.1. The van der Waals surface area contributed by atoms with Crippen molar-refractivity contribution in [1.82, 2.24) is 10.6 Å². The molecule has 0 saturated carbocycles. The van der Waals surface area contributed by atoms with Crippen molar-refractivity contribution in [3.05, 3.63) is 29.8 Å². The van der Waals surface area contributed by atoms with E-state index in [4.69, 9.17) is 4.74 Å². The van der Waals surface area contributed by atoms with Gasteiger partial charge in [0.1, 0.15) is 11.8 Å². The van der Waals surface area contributed by atoms with Crippen LogP contribution in [0, 0.1) is 5.92 Å². The number of hydrogen-bond donors (Lipinski definition) is 2. The maximum Gasteiger partial charge on any atom is 0.251 e. The highest BCUT2D eigenvalue weighted by Gasteiger charge is 2.24. The largest absolute Gasteiger partial charge is 0.497 e. The smallest absolute Gasteiger partial charge is 0.251 e. The Morgan fingerprint density at radius 3 is 2.29 bits per heavy atom. The van der Waals surface area contributed by atoms with E-state index in [9.17, 15) is 9.59 Å². The summed E-state index contributed by atoms with van der Waals surface area (Å²) in [5.41, 5.74) is 0.504. The van der Waals surface area contributed by atoms with Gasteiger partial charge in [-0.25, -0.2) is 0 Å². The van der Waals surface area contributed by atoms with Gasteiger partial charge in [-0.15, -0.1) is 0 Å². The lowest BCUT2D eigenvalue weighted by molar-refractivity contribution is -0.123. The second kappa shape index (κ2) is 8.29. The highest BCUT2D eigenvalue weighted by Crippen LogP contribution is 2.12. The summed E-state index contributed by atoms with van der Waals surface area (Å²) in [6.07, 6.45) is 0.864. The number of hydrogen-bond acceptors (Lipinski definition) is 3. The van der Waals surface area contributed by atoms with E-state index in [-0.39, 0.29) is 17.7 Å². The first-order chi connectivity index (χ1) is 9.99. The first-order valence-electron chi connectivity index (χ1n) is 7.22. The molecule has 0 aromatic heterocycles. The Bertz CT molecular complexity index is 469. The lowest BCUT2D eigenvalue weighted by Crippen LogP contribution is -2.49. The number of methoxy groups -OCH3 is 1. The molecule has 1 atom stereocenters. The summed E-state index contributed by atoms with van der Waals surface area (Å²) in [4.78, 5) is 24.3. The predicted octanol–water partition coefficient (Wildman–Crippen LogP) is 1.98. The third-order valence-electron chi connectivity index (χ3n) is 3.14. The molecule has 0 aliphatic rings. The highest BCUT2D eigenvalue weighted by molar-refractivity contribution is 5.97. The van der Waals surface area contributed by atoms with Crippen molar-refractivity contribution in [1.29, 1.82) is 0 Å². The predicted molar refractivity (Wildman–Crippen MR) is 82.4 cm³/mol. The van der Waals surface area contributed by atoms with Gasteiger partial charge in [0, 0.05) is 12.1 Å². The van der Waals surface area contributed by atoms with Gasteiger partial charge in [-0.05, 0) is 36.6 Å². The Labute approximate surface area is 126 Å². The van der Waals surface area contributed by atoms with Crippen molar-refractivity contribution in [2.24, 2.45) is 5.92 Å². The number of carbonyl (C=O) groups is 2. The fourth-order valence-electron chi connectivity index (χ4n) is 1.86. The third-order valence-corrected chi connectivity index (χ3v) is 3.14. The molecule has 5 nitrogen and oxygen atoms in total. The molecule has 2 N–H and O–H groups in total. The fourth-order valence-corrected chi connectivity index (χ4v) is 1.86. The van der Waals surface area contributed by atoms with Crippen LogP contribution in [0.3, 0.4) is 0 Å². The van der Waals surface area contributed by atoms with E-state index in [0.717, 1.165) is 6.42 Å². The van der Waals surface area contributed by atoms with Gasteiger partial charge in [0.25, 0.3) is 5.91 Å². The summed E-state index contributed by atoms with van der Waals surface area (Å²) in [5.74, 6) is 0.299. The normalized spacial score (nSPS) is 11.9. The molecule has 0 bridgehead atoms. The first kappa shape index (κ1) is 17.0. The minimum absolute atomic E-state index is 0.0176. The molecule has 21 heavy (non-hydrogen) atoms. The minimum Gasteiger partial charge on any atom is -0.497 e. The maximum atomic E-state index is 12.2. The van der Waals surface area contributed by atoms with Gasteiger partial charge in [0.2, 0.25) is 5.91 Å². The Hall–Kier alpha value is -2.04. The molecule has 0 unspecified atom stereocenters. The molecule has 0 saturated heterocycles. The number of amides is 2. The summed E-state index contributed by atoms with van der Waals surface area (Å²) in [6, 6.07) is 6.25. The molecule has 0 aliphatic heterocycles. The van der Waals surface area contributed by atoms with E-state index in [0.29, 0.717) is 17.9 Å². The van der Waals surface area contributed by atoms with Crippen LogP contribution in [0.25, 0.3) is 0 Å². The molecule has 0 spiro atoms. The van der Waals surface area contributed by atoms with E-state index >= 15 is 0 Å². The Morgan fingerprint density at radius 1 is 1.19 bits per heavy atom. The van der Waals surface area contributed by atoms with Gasteiger partial charge in [-0.2, -0.15) is 0 Å². The van der Waals surface area contributed by atoms with Crippen LogP contribution in [0.1, 0.15) is 37.6 Å². The lowest BCUT2D eigenvalue weighted by Gasteiger charge is -2.21. The molecular weight excluding hydrogens is 268 g/mol. The molecule has 0 heterocycles. The van der Waals surface area contributed by atoms with Crippen LogP contribution in [-0.4, -0.2) is 31.5 Å². The van der Waals surface area contributed by atoms with Gasteiger partial charge < -0.3 is 15.4 Å². The molecule has 2 amide bonds. The highest BCUT2D eigenvalue weighted by atomic mass is 16.5. The summed E-state index contributed by atoms with van der Waals surface area (Å²) in [7, 11) is 1.57. The maximum absolute atomic E-state index is 12.2. The molecule has 0 fully saturated rings. The number of nitrogens with one attached hydrogen (secondary N) is 2. The zero-order chi connectivity index (χ0) is 15.8. The average Bonchev–Trinajstić information content (AvgIpc) is 2.49. The van der Waals surface area contributed by atoms with Gasteiger partial charge in [0.15, 0.2) is 0 Å². The van der Waals surface area contributed by atoms with E-state index in [2.05, 4.69) is 10.6 Å². The summed E-state index contributed by atoms with van der Waals surface area (Å²) in [5, 5.41) is 5.60. The van der Waals surface area contributed by atoms with Gasteiger partial charge in [-0.1, -0.05) is 20.8 Å². The monoisotopic (exact) mass is 292 g/mol. The van der Waals surface area contributed by atoms with Crippen LogP contribution in [0.2, 0.25) is 0 Å². The van der Waals surface area contributed by atoms with Crippen molar-refractivity contribution in [3.8, 4) is 5.75 Å². The molecule has 5 heteroatoms. The average molecular weight is 292 g/mol. The van der Waals surface area contributed by atoms with Crippen molar-refractivity contribution in [2.45, 2.75) is 33.2 Å². The number of rotatable bonds is 7. The summed E-state index contributed by atoms with van der Waals surface area (Å²) < 4.78 is 5.05. The topological polar surface area (TPSA) is 67.4 Å². The first-order valence-corrected chi connectivity index (χ1v) is 7.22. The Balaban J connectivity index is 2.73. The Kier molecular flexibility index (Phi) is 6.72. The lowest BCUT2D eigenvalue weighted by atomic mass is 10.0. The van der Waals surface area contributed by atoms with Crippen LogP contribution < -0.4 is 15.4 Å². The quantitative estimate of drug-likeness (QED) is 0.807. The summed E-state index contributed by atoms with van der Waals surface area (Å²) in [6.45, 7) is 6.41. The molecule has 1 aromatic rings. The van der Waals surface area contributed by atoms with Crippen molar-refractivity contribution in [3.63, 3.8) is 0 Å². The van der Waals surface area contributed by atoms with Crippen molar-refractivity contribution in [2.75, 3.05) is 13.7 Å². The van der Waals surface area contributed by atoms with Crippen LogP contribution >= 0.6 is 0 Å². The Morgan fingerprint density at radius 2 is 1.81 bits per heavy atom. The van der Waals surface area contributed by atoms with Gasteiger partial charge in [0.05, 0.1) is 7.11 Å². The van der Waals surface area contributed by atoms with E-state index in [1.165, 1.54) is 0 Å². The standard InChI is InChI=1S/C16H24N2O3/c1-5-10-17-16(20)14(11(2)3)18-15(19)12-6-8-13(21-4)9-7-12/h6-9,11,14H,5,10H2,1-4H3,(H,17,20)(H,18,19)/t14-/m0/s1.